The van der Waals surface area contributed by atoms with Gasteiger partial charge in [0.2, 0.25) is 0 Å². The number of rotatable bonds is 3. The van der Waals surface area contributed by atoms with E-state index < -0.39 is 0 Å². The third kappa shape index (κ3) is 2.60. The van der Waals surface area contributed by atoms with Crippen molar-refractivity contribution < 1.29 is 9.53 Å². The second-order valence-corrected chi connectivity index (χ2v) is 5.49. The van der Waals surface area contributed by atoms with Crippen molar-refractivity contribution in [1.29, 1.82) is 0 Å². The number of hydrogen-bond donors (Lipinski definition) is 0. The Kier molecular flexibility index (Phi) is 3.67. The number of esters is 1. The molecule has 0 bridgehead atoms. The fraction of sp³-hybridized carbons (Fsp3) is 0.222. The van der Waals surface area contributed by atoms with Crippen molar-refractivity contribution in [3.05, 3.63) is 65.0 Å². The fourth-order valence-corrected chi connectivity index (χ4v) is 2.50. The smallest absolute Gasteiger partial charge is 0.337 e. The number of nitrogens with zero attached hydrogens (tertiary/aromatic N) is 2. The van der Waals surface area contributed by atoms with Gasteiger partial charge >= 0.3 is 5.97 Å². The van der Waals surface area contributed by atoms with Crippen molar-refractivity contribution in [2.75, 3.05) is 7.11 Å². The Balaban J connectivity index is 1.90. The molecule has 0 aliphatic heterocycles. The van der Waals surface area contributed by atoms with Gasteiger partial charge < -0.3 is 9.30 Å². The molecule has 112 valence electrons. The summed E-state index contributed by atoms with van der Waals surface area (Å²) in [5, 5.41) is 0. The van der Waals surface area contributed by atoms with Crippen LogP contribution in [0.15, 0.2) is 42.7 Å². The van der Waals surface area contributed by atoms with Crippen LogP contribution >= 0.6 is 0 Å². The maximum absolute atomic E-state index is 11.4. The molecule has 1 aromatic heterocycles. The van der Waals surface area contributed by atoms with Crippen molar-refractivity contribution in [3.8, 4) is 0 Å². The Morgan fingerprint density at radius 1 is 1.14 bits per heavy atom. The van der Waals surface area contributed by atoms with Crippen LogP contribution in [0.3, 0.4) is 0 Å². The maximum Gasteiger partial charge on any atom is 0.337 e. The Hall–Kier alpha value is -2.62. The number of carbonyl (C=O) groups excluding carboxylic acids is 1. The molecule has 0 unspecified atom stereocenters. The second-order valence-electron chi connectivity index (χ2n) is 5.49. The summed E-state index contributed by atoms with van der Waals surface area (Å²) in [5.74, 6) is -0.314. The summed E-state index contributed by atoms with van der Waals surface area (Å²) in [7, 11) is 1.39. The maximum atomic E-state index is 11.4. The second kappa shape index (κ2) is 5.64. The zero-order valence-electron chi connectivity index (χ0n) is 13.0. The summed E-state index contributed by atoms with van der Waals surface area (Å²) in [6.45, 7) is 4.93. The fourth-order valence-electron chi connectivity index (χ4n) is 2.50. The molecule has 0 saturated heterocycles. The molecule has 0 aliphatic rings. The van der Waals surface area contributed by atoms with Gasteiger partial charge in [0.25, 0.3) is 0 Å². The van der Waals surface area contributed by atoms with Gasteiger partial charge in [0.15, 0.2) is 0 Å². The van der Waals surface area contributed by atoms with Gasteiger partial charge in [-0.2, -0.15) is 0 Å². The quantitative estimate of drug-likeness (QED) is 0.695. The van der Waals surface area contributed by atoms with Crippen molar-refractivity contribution in [2.24, 2.45) is 0 Å². The minimum Gasteiger partial charge on any atom is -0.465 e. The molecule has 0 atom stereocenters. The third-order valence-corrected chi connectivity index (χ3v) is 3.96. The van der Waals surface area contributed by atoms with Gasteiger partial charge in [0, 0.05) is 6.54 Å². The van der Waals surface area contributed by atoms with E-state index in [1.54, 1.807) is 12.1 Å². The van der Waals surface area contributed by atoms with Crippen LogP contribution < -0.4 is 0 Å². The van der Waals surface area contributed by atoms with Crippen molar-refractivity contribution in [2.45, 2.75) is 20.4 Å². The van der Waals surface area contributed by atoms with Crippen LogP contribution in [0, 0.1) is 13.8 Å². The Morgan fingerprint density at radius 2 is 1.82 bits per heavy atom. The van der Waals surface area contributed by atoms with Gasteiger partial charge in [-0.15, -0.1) is 0 Å². The minimum atomic E-state index is -0.314. The molecule has 2 aromatic carbocycles. The highest BCUT2D eigenvalue weighted by atomic mass is 16.5. The van der Waals surface area contributed by atoms with Gasteiger partial charge in [-0.1, -0.05) is 12.1 Å². The highest BCUT2D eigenvalue weighted by molar-refractivity contribution is 5.89. The van der Waals surface area contributed by atoms with Gasteiger partial charge in [-0.3, -0.25) is 0 Å². The number of fused-ring (bicyclic) bond motifs is 1. The third-order valence-electron chi connectivity index (χ3n) is 3.96. The van der Waals surface area contributed by atoms with Crippen LogP contribution in [0.1, 0.15) is 27.0 Å². The summed E-state index contributed by atoms with van der Waals surface area (Å²) >= 11 is 0. The zero-order valence-corrected chi connectivity index (χ0v) is 13.0. The van der Waals surface area contributed by atoms with Gasteiger partial charge in [-0.05, 0) is 54.8 Å². The summed E-state index contributed by atoms with van der Waals surface area (Å²) in [6, 6.07) is 11.7. The number of hydrogen-bond acceptors (Lipinski definition) is 3. The molecule has 0 N–H and O–H groups in total. The highest BCUT2D eigenvalue weighted by Crippen LogP contribution is 2.19. The molecule has 4 heteroatoms. The van der Waals surface area contributed by atoms with Crippen LogP contribution in [0.5, 0.6) is 0 Å². The van der Waals surface area contributed by atoms with E-state index in [1.165, 1.54) is 18.2 Å². The van der Waals surface area contributed by atoms with Crippen LogP contribution in [0.2, 0.25) is 0 Å². The first-order valence-electron chi connectivity index (χ1n) is 7.18. The van der Waals surface area contributed by atoms with Crippen LogP contribution in [-0.2, 0) is 11.3 Å². The summed E-state index contributed by atoms with van der Waals surface area (Å²) in [6.07, 6.45) is 1.86. The summed E-state index contributed by atoms with van der Waals surface area (Å²) in [5.41, 5.74) is 6.32. The van der Waals surface area contributed by atoms with Crippen molar-refractivity contribution >= 4 is 17.0 Å². The van der Waals surface area contributed by atoms with E-state index in [9.17, 15) is 4.79 Å². The molecule has 0 amide bonds. The predicted molar refractivity (Wildman–Crippen MR) is 86.1 cm³/mol. The number of methoxy groups -OCH3 is 1. The number of aromatic nitrogens is 2. The van der Waals surface area contributed by atoms with E-state index in [0.717, 1.165) is 23.1 Å². The van der Waals surface area contributed by atoms with E-state index in [2.05, 4.69) is 35.5 Å². The number of aryl methyl sites for hydroxylation is 2. The lowest BCUT2D eigenvalue weighted by Crippen LogP contribution is -2.02. The molecule has 22 heavy (non-hydrogen) atoms. The molecule has 0 fully saturated rings. The largest absolute Gasteiger partial charge is 0.465 e. The molecule has 0 aliphatic carbocycles. The number of imidazole rings is 1. The average Bonchev–Trinajstić information content (AvgIpc) is 2.90. The highest BCUT2D eigenvalue weighted by Gasteiger charge is 2.07. The number of ether oxygens (including phenoxy) is 1. The molecule has 0 spiro atoms. The Bertz CT molecular complexity index is 832. The van der Waals surface area contributed by atoms with Crippen molar-refractivity contribution in [1.82, 2.24) is 9.55 Å². The first-order chi connectivity index (χ1) is 10.6. The standard InChI is InChI=1S/C18H18N2O2/c1-12-8-16-17(9-13(12)2)20(11-19-16)10-14-4-6-15(7-5-14)18(21)22-3/h4-9,11H,10H2,1-3H3. The molecule has 3 rings (SSSR count). The molecule has 3 aromatic rings. The summed E-state index contributed by atoms with van der Waals surface area (Å²) < 4.78 is 6.83. The number of carbonyl (C=O) groups is 1. The SMILES string of the molecule is COC(=O)c1ccc(Cn2cnc3cc(C)c(C)cc32)cc1. The molecule has 4 nitrogen and oxygen atoms in total. The predicted octanol–water partition coefficient (Wildman–Crippen LogP) is 3.49. The van der Waals surface area contributed by atoms with E-state index in [0.29, 0.717) is 5.56 Å². The summed E-state index contributed by atoms with van der Waals surface area (Å²) in [4.78, 5) is 15.9. The van der Waals surface area contributed by atoms with Crippen LogP contribution in [-0.4, -0.2) is 22.6 Å². The number of benzene rings is 2. The monoisotopic (exact) mass is 294 g/mol. The van der Waals surface area contributed by atoms with E-state index >= 15 is 0 Å². The van der Waals surface area contributed by atoms with Gasteiger partial charge in [0.1, 0.15) is 0 Å². The van der Waals surface area contributed by atoms with Crippen molar-refractivity contribution in [3.63, 3.8) is 0 Å². The first-order valence-corrected chi connectivity index (χ1v) is 7.18. The Labute approximate surface area is 129 Å². The van der Waals surface area contributed by atoms with Crippen LogP contribution in [0.4, 0.5) is 0 Å². The van der Waals surface area contributed by atoms with Crippen LogP contribution in [0.25, 0.3) is 11.0 Å². The lowest BCUT2D eigenvalue weighted by molar-refractivity contribution is 0.0600. The minimum absolute atomic E-state index is 0.314. The lowest BCUT2D eigenvalue weighted by atomic mass is 10.1. The van der Waals surface area contributed by atoms with E-state index in [4.69, 9.17) is 4.74 Å². The van der Waals surface area contributed by atoms with Gasteiger partial charge in [0.05, 0.1) is 30.0 Å². The molecule has 0 radical (unpaired) electrons. The zero-order chi connectivity index (χ0) is 15.7. The Morgan fingerprint density at radius 3 is 2.50 bits per heavy atom. The molecular formula is C18H18N2O2. The van der Waals surface area contributed by atoms with Gasteiger partial charge in [-0.25, -0.2) is 9.78 Å². The average molecular weight is 294 g/mol. The van der Waals surface area contributed by atoms with E-state index in [-0.39, 0.29) is 5.97 Å². The van der Waals surface area contributed by atoms with E-state index in [1.807, 2.05) is 18.5 Å². The first kappa shape index (κ1) is 14.3. The lowest BCUT2D eigenvalue weighted by Gasteiger charge is -2.07. The molecule has 1 heterocycles. The molecular weight excluding hydrogens is 276 g/mol. The normalized spacial score (nSPS) is 10.9. The molecule has 0 saturated carbocycles. The topological polar surface area (TPSA) is 44.1 Å².